The van der Waals surface area contributed by atoms with E-state index in [1.165, 1.54) is 16.3 Å². The van der Waals surface area contributed by atoms with Crippen LogP contribution in [0.1, 0.15) is 5.56 Å². The van der Waals surface area contributed by atoms with Crippen LogP contribution in [0.3, 0.4) is 0 Å². The van der Waals surface area contributed by atoms with Gasteiger partial charge in [0.15, 0.2) is 0 Å². The largest absolute Gasteiger partial charge is 0.492 e. The predicted molar refractivity (Wildman–Crippen MR) is 89.1 cm³/mol. The smallest absolute Gasteiger partial charge is 0.119 e. The summed E-state index contributed by atoms with van der Waals surface area (Å²) in [5.74, 6) is 0.917. The second kappa shape index (κ2) is 6.31. The molecule has 0 amide bonds. The fourth-order valence-electron chi connectivity index (χ4n) is 2.37. The molecule has 0 unspecified atom stereocenters. The molecule has 1 N–H and O–H groups in total. The Morgan fingerprint density at radius 3 is 2.48 bits per heavy atom. The zero-order chi connectivity index (χ0) is 14.5. The summed E-state index contributed by atoms with van der Waals surface area (Å²) in [4.78, 5) is 0. The summed E-state index contributed by atoms with van der Waals surface area (Å²) in [6.45, 7) is 3.50. The quantitative estimate of drug-likeness (QED) is 0.686. The van der Waals surface area contributed by atoms with Crippen LogP contribution < -0.4 is 10.1 Å². The highest BCUT2D eigenvalue weighted by molar-refractivity contribution is 5.93. The second-order valence-electron chi connectivity index (χ2n) is 5.11. The zero-order valence-electron chi connectivity index (χ0n) is 12.2. The van der Waals surface area contributed by atoms with Gasteiger partial charge in [-0.05, 0) is 30.5 Å². The number of anilines is 1. The predicted octanol–water partition coefficient (Wildman–Crippen LogP) is 4.64. The average molecular weight is 277 g/mol. The number of ether oxygens (including phenoxy) is 1. The molecule has 106 valence electrons. The molecular formula is C19H19NO. The Morgan fingerprint density at radius 2 is 1.62 bits per heavy atom. The van der Waals surface area contributed by atoms with E-state index in [4.69, 9.17) is 4.74 Å². The lowest BCUT2D eigenvalue weighted by Crippen LogP contribution is -2.11. The third-order valence-corrected chi connectivity index (χ3v) is 3.50. The van der Waals surface area contributed by atoms with Crippen LogP contribution in [0, 0.1) is 6.92 Å². The molecule has 0 heterocycles. The van der Waals surface area contributed by atoms with Crippen molar-refractivity contribution in [3.8, 4) is 5.75 Å². The van der Waals surface area contributed by atoms with Gasteiger partial charge in [0.2, 0.25) is 0 Å². The Bertz CT molecular complexity index is 714. The van der Waals surface area contributed by atoms with Gasteiger partial charge in [0.25, 0.3) is 0 Å². The standard InChI is InChI=1S/C19H19NO/c1-15-9-11-17(12-10-15)21-14-13-20-19-8-4-6-16-5-2-3-7-18(16)19/h2-12,20H,13-14H2,1H3. The van der Waals surface area contributed by atoms with E-state index in [1.807, 2.05) is 12.1 Å². The molecule has 0 aromatic heterocycles. The minimum absolute atomic E-state index is 0.645. The van der Waals surface area contributed by atoms with Crippen molar-refractivity contribution in [1.82, 2.24) is 0 Å². The molecule has 0 saturated heterocycles. The third-order valence-electron chi connectivity index (χ3n) is 3.50. The van der Waals surface area contributed by atoms with Crippen molar-refractivity contribution in [3.05, 3.63) is 72.3 Å². The Kier molecular flexibility index (Phi) is 4.06. The summed E-state index contributed by atoms with van der Waals surface area (Å²) >= 11 is 0. The Morgan fingerprint density at radius 1 is 0.857 bits per heavy atom. The maximum absolute atomic E-state index is 5.73. The van der Waals surface area contributed by atoms with Crippen molar-refractivity contribution >= 4 is 16.5 Å². The number of hydrogen-bond donors (Lipinski definition) is 1. The van der Waals surface area contributed by atoms with Crippen molar-refractivity contribution in [1.29, 1.82) is 0 Å². The van der Waals surface area contributed by atoms with E-state index in [9.17, 15) is 0 Å². The van der Waals surface area contributed by atoms with Crippen LogP contribution in [0.4, 0.5) is 5.69 Å². The van der Waals surface area contributed by atoms with Crippen molar-refractivity contribution in [2.45, 2.75) is 6.92 Å². The monoisotopic (exact) mass is 277 g/mol. The van der Waals surface area contributed by atoms with Gasteiger partial charge in [-0.2, -0.15) is 0 Å². The maximum atomic E-state index is 5.73. The van der Waals surface area contributed by atoms with E-state index in [0.717, 1.165) is 18.0 Å². The van der Waals surface area contributed by atoms with E-state index in [1.54, 1.807) is 0 Å². The number of benzene rings is 3. The van der Waals surface area contributed by atoms with Crippen LogP contribution in [0.25, 0.3) is 10.8 Å². The van der Waals surface area contributed by atoms with Gasteiger partial charge in [-0.15, -0.1) is 0 Å². The van der Waals surface area contributed by atoms with Crippen molar-refractivity contribution in [2.24, 2.45) is 0 Å². The summed E-state index contributed by atoms with van der Waals surface area (Å²) in [5, 5.41) is 5.94. The van der Waals surface area contributed by atoms with Crippen LogP contribution in [0.2, 0.25) is 0 Å². The first kappa shape index (κ1) is 13.5. The first-order chi connectivity index (χ1) is 10.3. The van der Waals surface area contributed by atoms with Gasteiger partial charge < -0.3 is 10.1 Å². The van der Waals surface area contributed by atoms with Gasteiger partial charge >= 0.3 is 0 Å². The highest BCUT2D eigenvalue weighted by Crippen LogP contribution is 2.22. The molecule has 0 spiro atoms. The first-order valence-electron chi connectivity index (χ1n) is 7.24. The number of rotatable bonds is 5. The number of nitrogens with one attached hydrogen (secondary N) is 1. The number of aryl methyl sites for hydroxylation is 1. The summed E-state index contributed by atoms with van der Waals surface area (Å²) in [5.41, 5.74) is 2.40. The van der Waals surface area contributed by atoms with Crippen LogP contribution in [0.15, 0.2) is 66.7 Å². The molecule has 2 nitrogen and oxygen atoms in total. The molecule has 0 saturated carbocycles. The molecule has 3 aromatic carbocycles. The molecule has 0 bridgehead atoms. The third kappa shape index (κ3) is 3.34. The van der Waals surface area contributed by atoms with Crippen LogP contribution in [0.5, 0.6) is 5.75 Å². The molecule has 0 atom stereocenters. The number of fused-ring (bicyclic) bond motifs is 1. The molecule has 0 aliphatic carbocycles. The normalized spacial score (nSPS) is 10.5. The van der Waals surface area contributed by atoms with Gasteiger partial charge in [0.05, 0.1) is 0 Å². The Balaban J connectivity index is 1.58. The summed E-state index contributed by atoms with van der Waals surface area (Å²) in [6.07, 6.45) is 0. The summed E-state index contributed by atoms with van der Waals surface area (Å²) in [7, 11) is 0. The second-order valence-corrected chi connectivity index (χ2v) is 5.11. The van der Waals surface area contributed by atoms with Crippen LogP contribution in [-0.4, -0.2) is 13.2 Å². The highest BCUT2D eigenvalue weighted by atomic mass is 16.5. The van der Waals surface area contributed by atoms with E-state index in [0.29, 0.717) is 6.61 Å². The summed E-state index contributed by atoms with van der Waals surface area (Å²) in [6, 6.07) is 22.8. The van der Waals surface area contributed by atoms with Gasteiger partial charge in [-0.25, -0.2) is 0 Å². The van der Waals surface area contributed by atoms with Crippen molar-refractivity contribution in [2.75, 3.05) is 18.5 Å². The van der Waals surface area contributed by atoms with Crippen LogP contribution in [-0.2, 0) is 0 Å². The van der Waals surface area contributed by atoms with Gasteiger partial charge in [-0.1, -0.05) is 54.1 Å². The fraction of sp³-hybridized carbons (Fsp3) is 0.158. The lowest BCUT2D eigenvalue weighted by molar-refractivity contribution is 0.333. The van der Waals surface area contributed by atoms with Crippen LogP contribution >= 0.6 is 0 Å². The topological polar surface area (TPSA) is 21.3 Å². The van der Waals surface area contributed by atoms with E-state index in [-0.39, 0.29) is 0 Å². The fourth-order valence-corrected chi connectivity index (χ4v) is 2.37. The van der Waals surface area contributed by atoms with E-state index >= 15 is 0 Å². The highest BCUT2D eigenvalue weighted by Gasteiger charge is 1.99. The molecule has 0 aliphatic heterocycles. The summed E-state index contributed by atoms with van der Waals surface area (Å²) < 4.78 is 5.73. The lowest BCUT2D eigenvalue weighted by atomic mass is 10.1. The van der Waals surface area contributed by atoms with E-state index in [2.05, 4.69) is 66.8 Å². The molecular weight excluding hydrogens is 258 g/mol. The van der Waals surface area contributed by atoms with Gasteiger partial charge in [0.1, 0.15) is 12.4 Å². The molecule has 0 aliphatic rings. The first-order valence-corrected chi connectivity index (χ1v) is 7.24. The average Bonchev–Trinajstić information content (AvgIpc) is 2.53. The molecule has 3 aromatic rings. The van der Waals surface area contributed by atoms with Gasteiger partial charge in [-0.3, -0.25) is 0 Å². The lowest BCUT2D eigenvalue weighted by Gasteiger charge is -2.11. The minimum Gasteiger partial charge on any atom is -0.492 e. The Hall–Kier alpha value is -2.48. The molecule has 2 heteroatoms. The maximum Gasteiger partial charge on any atom is 0.119 e. The van der Waals surface area contributed by atoms with Crippen molar-refractivity contribution in [3.63, 3.8) is 0 Å². The minimum atomic E-state index is 0.645. The Labute approximate surface area is 125 Å². The van der Waals surface area contributed by atoms with E-state index < -0.39 is 0 Å². The molecule has 21 heavy (non-hydrogen) atoms. The SMILES string of the molecule is Cc1ccc(OCCNc2cccc3ccccc23)cc1. The molecule has 3 rings (SSSR count). The zero-order valence-corrected chi connectivity index (χ0v) is 12.2. The van der Waals surface area contributed by atoms with Crippen molar-refractivity contribution < 1.29 is 4.74 Å². The molecule has 0 radical (unpaired) electrons. The van der Waals surface area contributed by atoms with Gasteiger partial charge in [0, 0.05) is 17.6 Å². The molecule has 0 fully saturated rings. The number of hydrogen-bond acceptors (Lipinski definition) is 2.